The molecule has 4 nitrogen and oxygen atoms in total. The molecule has 1 aromatic rings. The van der Waals surface area contributed by atoms with E-state index < -0.39 is 10.0 Å². The standard InChI is InChI=1S/C8H10BrNO3S/c1-2-14(12,13)10-7-5-3-4-6(9)8(7)11/h3-5,10-11H,2H2,1H3. The number of anilines is 1. The molecule has 1 rings (SSSR count). The first kappa shape index (κ1) is 11.3. The first-order valence-corrected chi connectivity index (χ1v) is 6.39. The molecule has 6 heteroatoms. The van der Waals surface area contributed by atoms with Gasteiger partial charge in [0.05, 0.1) is 15.9 Å². The van der Waals surface area contributed by atoms with E-state index >= 15 is 0 Å². The molecule has 0 saturated carbocycles. The van der Waals surface area contributed by atoms with Crippen LogP contribution in [-0.4, -0.2) is 19.3 Å². The third-order valence-electron chi connectivity index (χ3n) is 1.63. The fourth-order valence-electron chi connectivity index (χ4n) is 0.837. The molecule has 0 aliphatic carbocycles. The summed E-state index contributed by atoms with van der Waals surface area (Å²) in [5.74, 6) is -0.136. The number of hydrogen-bond donors (Lipinski definition) is 2. The molecule has 0 aliphatic heterocycles. The molecule has 0 saturated heterocycles. The Morgan fingerprint density at radius 1 is 1.50 bits per heavy atom. The molecule has 0 fully saturated rings. The summed E-state index contributed by atoms with van der Waals surface area (Å²) < 4.78 is 25.1. The molecule has 0 bridgehead atoms. The predicted molar refractivity (Wildman–Crippen MR) is 58.9 cm³/mol. The first-order valence-electron chi connectivity index (χ1n) is 3.94. The third-order valence-corrected chi connectivity index (χ3v) is 3.56. The summed E-state index contributed by atoms with van der Waals surface area (Å²) in [4.78, 5) is 0. The van der Waals surface area contributed by atoms with Crippen molar-refractivity contribution in [2.45, 2.75) is 6.92 Å². The van der Waals surface area contributed by atoms with Gasteiger partial charge in [-0.25, -0.2) is 8.42 Å². The summed E-state index contributed by atoms with van der Waals surface area (Å²) in [6, 6.07) is 4.75. The second-order valence-corrected chi connectivity index (χ2v) is 5.51. The monoisotopic (exact) mass is 279 g/mol. The van der Waals surface area contributed by atoms with Gasteiger partial charge in [0.2, 0.25) is 10.0 Å². The van der Waals surface area contributed by atoms with Crippen LogP contribution in [0, 0.1) is 0 Å². The topological polar surface area (TPSA) is 66.4 Å². The fourth-order valence-corrected chi connectivity index (χ4v) is 1.85. The van der Waals surface area contributed by atoms with E-state index in [1.165, 1.54) is 13.0 Å². The third kappa shape index (κ3) is 2.62. The molecule has 0 aliphatic rings. The lowest BCUT2D eigenvalue weighted by atomic mass is 10.3. The highest BCUT2D eigenvalue weighted by atomic mass is 79.9. The SMILES string of the molecule is CCS(=O)(=O)Nc1cccc(Br)c1O. The highest BCUT2D eigenvalue weighted by molar-refractivity contribution is 9.10. The van der Waals surface area contributed by atoms with Gasteiger partial charge in [-0.15, -0.1) is 0 Å². The summed E-state index contributed by atoms with van der Waals surface area (Å²) in [7, 11) is -3.34. The zero-order valence-electron chi connectivity index (χ0n) is 7.49. The minimum Gasteiger partial charge on any atom is -0.505 e. The van der Waals surface area contributed by atoms with Crippen LogP contribution in [-0.2, 0) is 10.0 Å². The van der Waals surface area contributed by atoms with Crippen LogP contribution in [0.3, 0.4) is 0 Å². The molecule has 0 amide bonds. The van der Waals surface area contributed by atoms with Gasteiger partial charge in [-0.05, 0) is 35.0 Å². The van der Waals surface area contributed by atoms with Crippen LogP contribution in [0.25, 0.3) is 0 Å². The van der Waals surface area contributed by atoms with Gasteiger partial charge in [0.1, 0.15) is 0 Å². The highest BCUT2D eigenvalue weighted by Gasteiger charge is 2.11. The molecule has 2 N–H and O–H groups in total. The Balaban J connectivity index is 3.05. The van der Waals surface area contributed by atoms with Crippen LogP contribution < -0.4 is 4.72 Å². The Bertz CT molecular complexity index is 430. The van der Waals surface area contributed by atoms with Crippen molar-refractivity contribution in [1.82, 2.24) is 0 Å². The number of phenolic OH excluding ortho intramolecular Hbond substituents is 1. The lowest BCUT2D eigenvalue weighted by Gasteiger charge is -2.08. The normalized spacial score (nSPS) is 11.3. The molecule has 0 unspecified atom stereocenters. The lowest BCUT2D eigenvalue weighted by molar-refractivity contribution is 0.474. The predicted octanol–water partition coefficient (Wildman–Crippen LogP) is 1.92. The molecule has 78 valence electrons. The minimum absolute atomic E-state index is 0.0288. The van der Waals surface area contributed by atoms with Gasteiger partial charge in [-0.2, -0.15) is 0 Å². The molecule has 0 spiro atoms. The number of hydrogen-bond acceptors (Lipinski definition) is 3. The number of aromatic hydroxyl groups is 1. The number of phenols is 1. The van der Waals surface area contributed by atoms with Crippen molar-refractivity contribution in [2.24, 2.45) is 0 Å². The number of sulfonamides is 1. The van der Waals surface area contributed by atoms with Crippen molar-refractivity contribution < 1.29 is 13.5 Å². The number of rotatable bonds is 3. The van der Waals surface area contributed by atoms with Gasteiger partial charge in [-0.3, -0.25) is 4.72 Å². The van der Waals surface area contributed by atoms with Crippen LogP contribution in [0.1, 0.15) is 6.92 Å². The van der Waals surface area contributed by atoms with E-state index in [9.17, 15) is 13.5 Å². The first-order chi connectivity index (χ1) is 6.46. The van der Waals surface area contributed by atoms with Crippen LogP contribution in [0.5, 0.6) is 5.75 Å². The Morgan fingerprint density at radius 2 is 2.14 bits per heavy atom. The van der Waals surface area contributed by atoms with Gasteiger partial charge in [0, 0.05) is 0 Å². The van der Waals surface area contributed by atoms with Crippen molar-refractivity contribution in [1.29, 1.82) is 0 Å². The average molecular weight is 280 g/mol. The van der Waals surface area contributed by atoms with Gasteiger partial charge >= 0.3 is 0 Å². The van der Waals surface area contributed by atoms with E-state index in [1.807, 2.05) is 0 Å². The Hall–Kier alpha value is -0.750. The molecule has 1 aromatic carbocycles. The largest absolute Gasteiger partial charge is 0.505 e. The van der Waals surface area contributed by atoms with Crippen LogP contribution in [0.4, 0.5) is 5.69 Å². The van der Waals surface area contributed by atoms with Gasteiger partial charge in [0.15, 0.2) is 5.75 Å². The van der Waals surface area contributed by atoms with Crippen molar-refractivity contribution in [3.8, 4) is 5.75 Å². The summed E-state index contributed by atoms with van der Waals surface area (Å²) in [6.07, 6.45) is 0. The Kier molecular flexibility index (Phi) is 3.38. The summed E-state index contributed by atoms with van der Waals surface area (Å²) in [5, 5.41) is 9.48. The van der Waals surface area contributed by atoms with Gasteiger partial charge in [-0.1, -0.05) is 6.07 Å². The second kappa shape index (κ2) is 4.18. The van der Waals surface area contributed by atoms with E-state index in [2.05, 4.69) is 20.7 Å². The molecule has 0 aromatic heterocycles. The summed E-state index contributed by atoms with van der Waals surface area (Å²) in [6.45, 7) is 1.53. The van der Waals surface area contributed by atoms with Crippen LogP contribution in [0.15, 0.2) is 22.7 Å². The zero-order chi connectivity index (χ0) is 10.8. The maximum atomic E-state index is 11.2. The zero-order valence-corrected chi connectivity index (χ0v) is 9.89. The Morgan fingerprint density at radius 3 is 2.71 bits per heavy atom. The fraction of sp³-hybridized carbons (Fsp3) is 0.250. The van der Waals surface area contributed by atoms with E-state index in [0.29, 0.717) is 4.47 Å². The number of nitrogens with one attached hydrogen (secondary N) is 1. The number of para-hydroxylation sites is 1. The molecular weight excluding hydrogens is 270 g/mol. The van der Waals surface area contributed by atoms with Crippen molar-refractivity contribution >= 4 is 31.6 Å². The van der Waals surface area contributed by atoms with Crippen LogP contribution in [0.2, 0.25) is 0 Å². The second-order valence-electron chi connectivity index (χ2n) is 2.64. The lowest BCUT2D eigenvalue weighted by Crippen LogP contribution is -2.14. The number of benzene rings is 1. The van der Waals surface area contributed by atoms with Gasteiger partial charge in [0.25, 0.3) is 0 Å². The quantitative estimate of drug-likeness (QED) is 0.831. The van der Waals surface area contributed by atoms with E-state index in [1.54, 1.807) is 12.1 Å². The van der Waals surface area contributed by atoms with E-state index in [-0.39, 0.29) is 17.2 Å². The van der Waals surface area contributed by atoms with Gasteiger partial charge < -0.3 is 5.11 Å². The Labute approximate surface area is 91.1 Å². The van der Waals surface area contributed by atoms with Crippen molar-refractivity contribution in [3.05, 3.63) is 22.7 Å². The average Bonchev–Trinajstić information content (AvgIpc) is 2.13. The maximum Gasteiger partial charge on any atom is 0.232 e. The molecular formula is C8H10BrNO3S. The molecule has 0 atom stereocenters. The summed E-state index contributed by atoms with van der Waals surface area (Å²) in [5.41, 5.74) is 0.182. The highest BCUT2D eigenvalue weighted by Crippen LogP contribution is 2.31. The number of halogens is 1. The maximum absolute atomic E-state index is 11.2. The van der Waals surface area contributed by atoms with Crippen molar-refractivity contribution in [3.63, 3.8) is 0 Å². The molecule has 0 heterocycles. The van der Waals surface area contributed by atoms with E-state index in [0.717, 1.165) is 0 Å². The van der Waals surface area contributed by atoms with E-state index in [4.69, 9.17) is 0 Å². The molecule has 0 radical (unpaired) electrons. The molecule has 14 heavy (non-hydrogen) atoms. The summed E-state index contributed by atoms with van der Waals surface area (Å²) >= 11 is 3.09. The van der Waals surface area contributed by atoms with Crippen molar-refractivity contribution in [2.75, 3.05) is 10.5 Å². The van der Waals surface area contributed by atoms with Crippen LogP contribution >= 0.6 is 15.9 Å². The minimum atomic E-state index is -3.34. The smallest absolute Gasteiger partial charge is 0.232 e.